The number of thiophene rings is 1. The minimum Gasteiger partial charge on any atom is -0.504 e. The standard InChI is InChI=1S/C16H16N2O5S/c19-11-8-10(9-12(20)14(11)21)15(22)17-3-5-18(6-4-17)16(23)13-2-1-7-24-13/h1-2,7-9,19-21H,3-6H2. The number of aromatic hydroxyl groups is 3. The largest absolute Gasteiger partial charge is 0.504 e. The molecule has 1 fully saturated rings. The molecule has 7 nitrogen and oxygen atoms in total. The summed E-state index contributed by atoms with van der Waals surface area (Å²) >= 11 is 1.38. The highest BCUT2D eigenvalue weighted by molar-refractivity contribution is 7.12. The maximum Gasteiger partial charge on any atom is 0.264 e. The third-order valence-corrected chi connectivity index (χ3v) is 4.76. The van der Waals surface area contributed by atoms with E-state index in [0.29, 0.717) is 31.1 Å². The fraction of sp³-hybridized carbons (Fsp3) is 0.250. The van der Waals surface area contributed by atoms with Crippen molar-refractivity contribution in [2.24, 2.45) is 0 Å². The van der Waals surface area contributed by atoms with Crippen LogP contribution in [0.15, 0.2) is 29.6 Å². The summed E-state index contributed by atoms with van der Waals surface area (Å²) in [6, 6.07) is 5.81. The van der Waals surface area contributed by atoms with Crippen molar-refractivity contribution in [1.82, 2.24) is 9.80 Å². The number of carbonyl (C=O) groups is 2. The lowest BCUT2D eigenvalue weighted by molar-refractivity contribution is 0.0537. The van der Waals surface area contributed by atoms with E-state index in [4.69, 9.17) is 0 Å². The molecule has 0 atom stereocenters. The van der Waals surface area contributed by atoms with Crippen LogP contribution in [0.2, 0.25) is 0 Å². The van der Waals surface area contributed by atoms with Crippen molar-refractivity contribution in [3.05, 3.63) is 40.1 Å². The van der Waals surface area contributed by atoms with Gasteiger partial charge in [-0.05, 0) is 23.6 Å². The van der Waals surface area contributed by atoms with Crippen molar-refractivity contribution in [2.75, 3.05) is 26.2 Å². The molecule has 3 rings (SSSR count). The molecule has 24 heavy (non-hydrogen) atoms. The lowest BCUT2D eigenvalue weighted by Crippen LogP contribution is -2.50. The van der Waals surface area contributed by atoms with Gasteiger partial charge in [-0.1, -0.05) is 6.07 Å². The second kappa shape index (κ2) is 6.40. The number of hydrogen-bond acceptors (Lipinski definition) is 6. The molecule has 1 aliphatic rings. The third-order valence-electron chi connectivity index (χ3n) is 3.90. The van der Waals surface area contributed by atoms with Crippen LogP contribution in [0, 0.1) is 0 Å². The molecule has 3 N–H and O–H groups in total. The van der Waals surface area contributed by atoms with E-state index >= 15 is 0 Å². The predicted octanol–water partition coefficient (Wildman–Crippen LogP) is 1.46. The molecule has 8 heteroatoms. The van der Waals surface area contributed by atoms with Gasteiger partial charge in [-0.25, -0.2) is 0 Å². The molecule has 1 aromatic carbocycles. The normalized spacial score (nSPS) is 14.7. The van der Waals surface area contributed by atoms with Crippen molar-refractivity contribution in [3.63, 3.8) is 0 Å². The molecule has 0 radical (unpaired) electrons. The first-order chi connectivity index (χ1) is 11.5. The van der Waals surface area contributed by atoms with Crippen LogP contribution in [0.4, 0.5) is 0 Å². The summed E-state index contributed by atoms with van der Waals surface area (Å²) in [6.07, 6.45) is 0. The van der Waals surface area contributed by atoms with E-state index in [0.717, 1.165) is 12.1 Å². The highest BCUT2D eigenvalue weighted by Gasteiger charge is 2.26. The molecule has 2 heterocycles. The summed E-state index contributed by atoms with van der Waals surface area (Å²) < 4.78 is 0. The highest BCUT2D eigenvalue weighted by atomic mass is 32.1. The molecule has 1 aliphatic heterocycles. The van der Waals surface area contributed by atoms with E-state index in [1.165, 1.54) is 11.3 Å². The highest BCUT2D eigenvalue weighted by Crippen LogP contribution is 2.35. The molecule has 2 aromatic rings. The SMILES string of the molecule is O=C(c1cc(O)c(O)c(O)c1)N1CCN(C(=O)c2cccs2)CC1. The maximum absolute atomic E-state index is 12.4. The number of amides is 2. The van der Waals surface area contributed by atoms with E-state index in [1.807, 2.05) is 11.4 Å². The van der Waals surface area contributed by atoms with Crippen molar-refractivity contribution in [1.29, 1.82) is 0 Å². The number of hydrogen-bond donors (Lipinski definition) is 3. The molecule has 126 valence electrons. The molecule has 0 aliphatic carbocycles. The number of rotatable bonds is 2. The summed E-state index contributed by atoms with van der Waals surface area (Å²) in [6.45, 7) is 1.55. The molecule has 1 aromatic heterocycles. The van der Waals surface area contributed by atoms with Crippen molar-refractivity contribution >= 4 is 23.2 Å². The molecular weight excluding hydrogens is 332 g/mol. The van der Waals surface area contributed by atoms with E-state index in [9.17, 15) is 24.9 Å². The van der Waals surface area contributed by atoms with Crippen molar-refractivity contribution in [3.8, 4) is 17.2 Å². The molecule has 1 saturated heterocycles. The van der Waals surface area contributed by atoms with Gasteiger partial charge in [0.25, 0.3) is 11.8 Å². The molecule has 0 unspecified atom stereocenters. The number of piperazine rings is 1. The average molecular weight is 348 g/mol. The monoisotopic (exact) mass is 348 g/mol. The minimum atomic E-state index is -0.655. The Hall–Kier alpha value is -2.74. The minimum absolute atomic E-state index is 0.0444. The van der Waals surface area contributed by atoms with E-state index in [-0.39, 0.29) is 17.4 Å². The van der Waals surface area contributed by atoms with Gasteiger partial charge in [-0.3, -0.25) is 9.59 Å². The van der Waals surface area contributed by atoms with Crippen LogP contribution in [0.1, 0.15) is 20.0 Å². The fourth-order valence-electron chi connectivity index (χ4n) is 2.58. The second-order valence-electron chi connectivity index (χ2n) is 5.42. The van der Waals surface area contributed by atoms with Gasteiger partial charge in [0.05, 0.1) is 4.88 Å². The van der Waals surface area contributed by atoms with Crippen LogP contribution in [-0.2, 0) is 0 Å². The van der Waals surface area contributed by atoms with Gasteiger partial charge in [0.2, 0.25) is 0 Å². The number of nitrogens with zero attached hydrogens (tertiary/aromatic N) is 2. The first kappa shape index (κ1) is 16.1. The second-order valence-corrected chi connectivity index (χ2v) is 6.37. The smallest absolute Gasteiger partial charge is 0.264 e. The fourth-order valence-corrected chi connectivity index (χ4v) is 3.27. The summed E-state index contributed by atoms with van der Waals surface area (Å²) in [5.74, 6) is -2.17. The number of phenols is 3. The Labute approximate surface area is 142 Å². The lowest BCUT2D eigenvalue weighted by atomic mass is 10.1. The molecular formula is C16H16N2O5S. The zero-order chi connectivity index (χ0) is 17.3. The number of carbonyl (C=O) groups excluding carboxylic acids is 2. The van der Waals surface area contributed by atoms with Crippen molar-refractivity contribution < 1.29 is 24.9 Å². The van der Waals surface area contributed by atoms with Crippen molar-refractivity contribution in [2.45, 2.75) is 0 Å². The van der Waals surface area contributed by atoms with Crippen LogP contribution in [0.25, 0.3) is 0 Å². The molecule has 2 amide bonds. The van der Waals surface area contributed by atoms with Crippen LogP contribution < -0.4 is 0 Å². The van der Waals surface area contributed by atoms with Gasteiger partial charge in [0, 0.05) is 31.7 Å². The van der Waals surface area contributed by atoms with Gasteiger partial charge in [-0.2, -0.15) is 0 Å². The van der Waals surface area contributed by atoms with Gasteiger partial charge in [0.1, 0.15) is 0 Å². The summed E-state index contributed by atoms with van der Waals surface area (Å²) in [5.41, 5.74) is 0.0841. The van der Waals surface area contributed by atoms with Crippen LogP contribution in [-0.4, -0.2) is 63.1 Å². The van der Waals surface area contributed by atoms with Crippen LogP contribution >= 0.6 is 11.3 Å². The Morgan fingerprint density at radius 2 is 1.46 bits per heavy atom. The quantitative estimate of drug-likeness (QED) is 0.713. The summed E-state index contributed by atoms with van der Waals surface area (Å²) in [4.78, 5) is 28.6. The van der Waals surface area contributed by atoms with E-state index in [1.54, 1.807) is 15.9 Å². The number of phenolic OH excluding ortho intramolecular Hbond substituents is 3. The van der Waals surface area contributed by atoms with Gasteiger partial charge < -0.3 is 25.1 Å². The Kier molecular flexibility index (Phi) is 4.30. The molecule has 0 saturated carbocycles. The Balaban J connectivity index is 1.66. The van der Waals surface area contributed by atoms with Gasteiger partial charge in [-0.15, -0.1) is 11.3 Å². The Morgan fingerprint density at radius 3 is 1.96 bits per heavy atom. The summed E-state index contributed by atoms with van der Waals surface area (Å²) in [5, 5.41) is 30.2. The van der Waals surface area contributed by atoms with Gasteiger partial charge in [0.15, 0.2) is 17.2 Å². The topological polar surface area (TPSA) is 101 Å². The first-order valence-electron chi connectivity index (χ1n) is 7.34. The maximum atomic E-state index is 12.4. The van der Waals surface area contributed by atoms with Crippen LogP contribution in [0.3, 0.4) is 0 Å². The Morgan fingerprint density at radius 1 is 0.917 bits per heavy atom. The lowest BCUT2D eigenvalue weighted by Gasteiger charge is -2.34. The van der Waals surface area contributed by atoms with Crippen LogP contribution in [0.5, 0.6) is 17.2 Å². The third kappa shape index (κ3) is 3.00. The number of benzene rings is 1. The molecule has 0 spiro atoms. The van der Waals surface area contributed by atoms with E-state index in [2.05, 4.69) is 0 Å². The zero-order valence-electron chi connectivity index (χ0n) is 12.7. The van der Waals surface area contributed by atoms with Gasteiger partial charge >= 0.3 is 0 Å². The predicted molar refractivity (Wildman–Crippen MR) is 87.6 cm³/mol. The van der Waals surface area contributed by atoms with E-state index < -0.39 is 17.2 Å². The first-order valence-corrected chi connectivity index (χ1v) is 8.22. The zero-order valence-corrected chi connectivity index (χ0v) is 13.5. The average Bonchev–Trinajstić information content (AvgIpc) is 3.12. The molecule has 0 bridgehead atoms. The Bertz CT molecular complexity index is 744. The summed E-state index contributed by atoms with van der Waals surface area (Å²) in [7, 11) is 0.